The van der Waals surface area contributed by atoms with Crippen LogP contribution in [0.1, 0.15) is 11.1 Å². The van der Waals surface area contributed by atoms with E-state index >= 15 is 0 Å². The minimum atomic E-state index is 0.697. The highest BCUT2D eigenvalue weighted by molar-refractivity contribution is 6.33. The Kier molecular flexibility index (Phi) is 3.93. The van der Waals surface area contributed by atoms with Crippen molar-refractivity contribution in [1.82, 2.24) is 9.55 Å². The van der Waals surface area contributed by atoms with Crippen molar-refractivity contribution >= 4 is 17.3 Å². The Balaban J connectivity index is 1.90. The van der Waals surface area contributed by atoms with Gasteiger partial charge in [0.05, 0.1) is 22.7 Å². The van der Waals surface area contributed by atoms with Gasteiger partial charge in [0, 0.05) is 18.9 Å². The first kappa shape index (κ1) is 13.7. The van der Waals surface area contributed by atoms with Crippen LogP contribution in [0.25, 0.3) is 5.69 Å². The maximum atomic E-state index is 6.35. The average Bonchev–Trinajstić information content (AvgIpc) is 3.00. The maximum absolute atomic E-state index is 6.35. The van der Waals surface area contributed by atoms with E-state index < -0.39 is 0 Å². The minimum absolute atomic E-state index is 0.697. The first-order chi connectivity index (χ1) is 10.3. The van der Waals surface area contributed by atoms with Gasteiger partial charge >= 0.3 is 0 Å². The molecule has 1 aromatic heterocycles. The molecule has 0 fully saturated rings. The molecule has 0 aliphatic heterocycles. The van der Waals surface area contributed by atoms with Gasteiger partial charge in [-0.15, -0.1) is 0 Å². The minimum Gasteiger partial charge on any atom is -0.379 e. The standard InChI is InChI=1S/C17H16ClN3/c1-13-5-2-3-6-14(13)11-20-16-8-4-7-15(18)17(16)21-10-9-19-12-21/h2-10,12,20H,11H2,1H3. The fraction of sp³-hybridized carbons (Fsp3) is 0.118. The summed E-state index contributed by atoms with van der Waals surface area (Å²) in [7, 11) is 0. The van der Waals surface area contributed by atoms with E-state index in [-0.39, 0.29) is 0 Å². The lowest BCUT2D eigenvalue weighted by atomic mass is 10.1. The molecule has 3 rings (SSSR count). The van der Waals surface area contributed by atoms with Gasteiger partial charge < -0.3 is 9.88 Å². The number of anilines is 1. The molecule has 1 heterocycles. The second kappa shape index (κ2) is 6.02. The summed E-state index contributed by atoms with van der Waals surface area (Å²) in [5.41, 5.74) is 4.46. The van der Waals surface area contributed by atoms with E-state index in [1.54, 1.807) is 12.5 Å². The van der Waals surface area contributed by atoms with Crippen molar-refractivity contribution in [3.8, 4) is 5.69 Å². The highest BCUT2D eigenvalue weighted by Crippen LogP contribution is 2.28. The Morgan fingerprint density at radius 1 is 1.14 bits per heavy atom. The van der Waals surface area contributed by atoms with Crippen molar-refractivity contribution in [2.45, 2.75) is 13.5 Å². The SMILES string of the molecule is Cc1ccccc1CNc1cccc(Cl)c1-n1ccnc1. The molecule has 0 atom stereocenters. The molecule has 0 unspecified atom stereocenters. The Bertz CT molecular complexity index is 736. The molecule has 0 spiro atoms. The van der Waals surface area contributed by atoms with Crippen LogP contribution in [0.4, 0.5) is 5.69 Å². The number of rotatable bonds is 4. The number of nitrogens with zero attached hydrogens (tertiary/aromatic N) is 2. The van der Waals surface area contributed by atoms with E-state index in [1.165, 1.54) is 11.1 Å². The van der Waals surface area contributed by atoms with E-state index in [0.29, 0.717) is 5.02 Å². The molecular formula is C17H16ClN3. The van der Waals surface area contributed by atoms with E-state index in [1.807, 2.05) is 29.0 Å². The van der Waals surface area contributed by atoms with Gasteiger partial charge in [-0.3, -0.25) is 0 Å². The van der Waals surface area contributed by atoms with E-state index in [0.717, 1.165) is 17.9 Å². The molecule has 2 aromatic carbocycles. The zero-order chi connectivity index (χ0) is 14.7. The molecule has 0 aliphatic rings. The molecule has 0 amide bonds. The highest BCUT2D eigenvalue weighted by Gasteiger charge is 2.09. The normalized spacial score (nSPS) is 10.6. The van der Waals surface area contributed by atoms with Crippen molar-refractivity contribution < 1.29 is 0 Å². The summed E-state index contributed by atoms with van der Waals surface area (Å²) in [6, 6.07) is 14.2. The van der Waals surface area contributed by atoms with Gasteiger partial charge in [0.15, 0.2) is 0 Å². The number of aryl methyl sites for hydroxylation is 1. The van der Waals surface area contributed by atoms with E-state index in [2.05, 4.69) is 41.5 Å². The average molecular weight is 298 g/mol. The van der Waals surface area contributed by atoms with Crippen molar-refractivity contribution in [2.24, 2.45) is 0 Å². The third-order valence-corrected chi connectivity index (χ3v) is 3.78. The molecule has 0 bridgehead atoms. The summed E-state index contributed by atoms with van der Waals surface area (Å²) in [6.45, 7) is 2.88. The van der Waals surface area contributed by atoms with Gasteiger partial charge in [-0.05, 0) is 30.2 Å². The van der Waals surface area contributed by atoms with Crippen LogP contribution in [0.15, 0.2) is 61.2 Å². The fourth-order valence-electron chi connectivity index (χ4n) is 2.31. The first-order valence-electron chi connectivity index (χ1n) is 6.81. The van der Waals surface area contributed by atoms with Gasteiger partial charge in [-0.1, -0.05) is 41.9 Å². The zero-order valence-corrected chi connectivity index (χ0v) is 12.5. The van der Waals surface area contributed by atoms with Crippen molar-refractivity contribution in [2.75, 3.05) is 5.32 Å². The van der Waals surface area contributed by atoms with Crippen LogP contribution in [0.2, 0.25) is 5.02 Å². The summed E-state index contributed by atoms with van der Waals surface area (Å²) in [5.74, 6) is 0. The largest absolute Gasteiger partial charge is 0.379 e. The fourth-order valence-corrected chi connectivity index (χ4v) is 2.58. The molecule has 4 heteroatoms. The number of hydrogen-bond acceptors (Lipinski definition) is 2. The lowest BCUT2D eigenvalue weighted by molar-refractivity contribution is 1.04. The highest BCUT2D eigenvalue weighted by atomic mass is 35.5. The molecule has 1 N–H and O–H groups in total. The molecule has 21 heavy (non-hydrogen) atoms. The van der Waals surface area contributed by atoms with Gasteiger partial charge in [0.1, 0.15) is 0 Å². The maximum Gasteiger partial charge on any atom is 0.0992 e. The van der Waals surface area contributed by atoms with Crippen LogP contribution in [0, 0.1) is 6.92 Å². The number of aromatic nitrogens is 2. The van der Waals surface area contributed by atoms with Gasteiger partial charge in [-0.2, -0.15) is 0 Å². The number of nitrogens with one attached hydrogen (secondary N) is 1. The Labute approximate surface area is 129 Å². The second-order valence-electron chi connectivity index (χ2n) is 4.89. The Morgan fingerprint density at radius 3 is 2.76 bits per heavy atom. The van der Waals surface area contributed by atoms with Crippen LogP contribution < -0.4 is 5.32 Å². The zero-order valence-electron chi connectivity index (χ0n) is 11.8. The summed E-state index contributed by atoms with van der Waals surface area (Å²) >= 11 is 6.35. The molecule has 0 saturated carbocycles. The lowest BCUT2D eigenvalue weighted by Crippen LogP contribution is -2.05. The molecule has 0 saturated heterocycles. The second-order valence-corrected chi connectivity index (χ2v) is 5.29. The molecule has 0 aliphatic carbocycles. The summed E-state index contributed by atoms with van der Waals surface area (Å²) in [5, 5.41) is 4.16. The van der Waals surface area contributed by atoms with Crippen LogP contribution >= 0.6 is 11.6 Å². The van der Waals surface area contributed by atoms with E-state index in [9.17, 15) is 0 Å². The van der Waals surface area contributed by atoms with Gasteiger partial charge in [-0.25, -0.2) is 4.98 Å². The Morgan fingerprint density at radius 2 is 2.00 bits per heavy atom. The topological polar surface area (TPSA) is 29.9 Å². The first-order valence-corrected chi connectivity index (χ1v) is 7.19. The number of halogens is 1. The predicted octanol–water partition coefficient (Wildman–Crippen LogP) is 4.45. The monoisotopic (exact) mass is 297 g/mol. The van der Waals surface area contributed by atoms with Crippen LogP contribution in [-0.4, -0.2) is 9.55 Å². The molecular weight excluding hydrogens is 282 g/mol. The smallest absolute Gasteiger partial charge is 0.0992 e. The number of imidazole rings is 1. The van der Waals surface area contributed by atoms with Crippen LogP contribution in [-0.2, 0) is 6.54 Å². The van der Waals surface area contributed by atoms with Gasteiger partial charge in [0.2, 0.25) is 0 Å². The molecule has 3 aromatic rings. The van der Waals surface area contributed by atoms with Crippen molar-refractivity contribution in [1.29, 1.82) is 0 Å². The quantitative estimate of drug-likeness (QED) is 0.771. The number of benzene rings is 2. The van der Waals surface area contributed by atoms with Crippen molar-refractivity contribution in [3.05, 3.63) is 77.3 Å². The number of hydrogen-bond donors (Lipinski definition) is 1. The molecule has 0 radical (unpaired) electrons. The third-order valence-electron chi connectivity index (χ3n) is 3.48. The summed E-state index contributed by atoms with van der Waals surface area (Å²) in [4.78, 5) is 4.09. The van der Waals surface area contributed by atoms with Crippen molar-refractivity contribution in [3.63, 3.8) is 0 Å². The van der Waals surface area contributed by atoms with Gasteiger partial charge in [0.25, 0.3) is 0 Å². The summed E-state index contributed by atoms with van der Waals surface area (Å²) < 4.78 is 1.92. The Hall–Kier alpha value is -2.26. The lowest BCUT2D eigenvalue weighted by Gasteiger charge is -2.15. The third kappa shape index (κ3) is 2.93. The molecule has 106 valence electrons. The molecule has 3 nitrogen and oxygen atoms in total. The van der Waals surface area contributed by atoms with Crippen LogP contribution in [0.3, 0.4) is 0 Å². The van der Waals surface area contributed by atoms with Crippen LogP contribution in [0.5, 0.6) is 0 Å². The predicted molar refractivity (Wildman–Crippen MR) is 87.1 cm³/mol. The van der Waals surface area contributed by atoms with E-state index in [4.69, 9.17) is 11.6 Å². The number of para-hydroxylation sites is 1. The summed E-state index contributed by atoms with van der Waals surface area (Å²) in [6.07, 6.45) is 5.38.